The molecule has 168 valence electrons. The number of hydrogen-bond acceptors (Lipinski definition) is 4. The number of piperazine rings is 1. The number of nitrogens with one attached hydrogen (secondary N) is 1. The molecule has 0 spiro atoms. The van der Waals surface area contributed by atoms with Crippen molar-refractivity contribution in [2.45, 2.75) is 0 Å². The van der Waals surface area contributed by atoms with Crippen molar-refractivity contribution in [1.82, 2.24) is 0 Å². The second-order valence-electron chi connectivity index (χ2n) is 7.72. The highest BCUT2D eigenvalue weighted by atomic mass is 35.5. The van der Waals surface area contributed by atoms with Crippen molar-refractivity contribution in [1.29, 1.82) is 0 Å². The number of rotatable bonds is 6. The zero-order valence-electron chi connectivity index (χ0n) is 17.9. The van der Waals surface area contributed by atoms with Gasteiger partial charge in [0.2, 0.25) is 5.91 Å². The van der Waals surface area contributed by atoms with Crippen molar-refractivity contribution in [2.75, 3.05) is 41.3 Å². The molecule has 1 aliphatic heterocycles. The van der Waals surface area contributed by atoms with E-state index >= 15 is 0 Å². The molecule has 0 saturated carbocycles. The number of halogens is 1. The van der Waals surface area contributed by atoms with E-state index in [1.165, 1.54) is 5.69 Å². The molecule has 7 heteroatoms. The molecule has 0 unspecified atom stereocenters. The van der Waals surface area contributed by atoms with Gasteiger partial charge >= 0.3 is 5.97 Å². The standard InChI is InChI=1S/C26H24ClN3O3/c27-20-6-10-22(11-7-20)29-14-16-30(17-15-29)23-12-8-21(9-13-23)28-25(31)18-24(26(32)33)19-4-2-1-3-5-19/h1-13,18H,14-17H2,(H,28,31)(H,32,33)/b24-18-. The number of benzene rings is 3. The third kappa shape index (κ3) is 5.73. The molecule has 33 heavy (non-hydrogen) atoms. The van der Waals surface area contributed by atoms with Gasteiger partial charge in [-0.2, -0.15) is 0 Å². The topological polar surface area (TPSA) is 72.9 Å². The number of carboxylic acids is 1. The largest absolute Gasteiger partial charge is 0.478 e. The molecule has 1 aliphatic rings. The van der Waals surface area contributed by atoms with Crippen LogP contribution in [0.2, 0.25) is 5.02 Å². The second kappa shape index (κ2) is 10.2. The third-order valence-corrected chi connectivity index (χ3v) is 5.81. The Kier molecular flexibility index (Phi) is 6.95. The highest BCUT2D eigenvalue weighted by molar-refractivity contribution is 6.30. The highest BCUT2D eigenvalue weighted by Gasteiger charge is 2.18. The van der Waals surface area contributed by atoms with E-state index in [1.807, 2.05) is 48.5 Å². The highest BCUT2D eigenvalue weighted by Crippen LogP contribution is 2.23. The number of carboxylic acid groups (broad SMARTS) is 1. The summed E-state index contributed by atoms with van der Waals surface area (Å²) in [6, 6.07) is 24.1. The lowest BCUT2D eigenvalue weighted by atomic mass is 10.1. The maximum Gasteiger partial charge on any atom is 0.336 e. The first-order valence-electron chi connectivity index (χ1n) is 10.7. The molecule has 6 nitrogen and oxygen atoms in total. The Labute approximate surface area is 197 Å². The Morgan fingerprint density at radius 1 is 0.788 bits per heavy atom. The van der Waals surface area contributed by atoms with E-state index in [0.29, 0.717) is 11.3 Å². The van der Waals surface area contributed by atoms with Gasteiger partial charge in [0.1, 0.15) is 0 Å². The number of amides is 1. The van der Waals surface area contributed by atoms with Crippen LogP contribution in [0.5, 0.6) is 0 Å². The first-order chi connectivity index (χ1) is 16.0. The Bertz CT molecular complexity index is 1140. The predicted octanol–water partition coefficient (Wildman–Crippen LogP) is 4.77. The van der Waals surface area contributed by atoms with Crippen LogP contribution < -0.4 is 15.1 Å². The Morgan fingerprint density at radius 2 is 1.30 bits per heavy atom. The van der Waals surface area contributed by atoms with Crippen LogP contribution in [0.1, 0.15) is 5.56 Å². The number of hydrogen-bond donors (Lipinski definition) is 2. The van der Waals surface area contributed by atoms with Crippen molar-refractivity contribution in [3.63, 3.8) is 0 Å². The molecule has 1 saturated heterocycles. The van der Waals surface area contributed by atoms with E-state index in [9.17, 15) is 14.7 Å². The minimum absolute atomic E-state index is 0.0525. The average Bonchev–Trinajstić information content (AvgIpc) is 2.84. The molecule has 2 N–H and O–H groups in total. The second-order valence-corrected chi connectivity index (χ2v) is 8.15. The summed E-state index contributed by atoms with van der Waals surface area (Å²) in [4.78, 5) is 28.6. The maximum atomic E-state index is 12.4. The van der Waals surface area contributed by atoms with Crippen molar-refractivity contribution >= 4 is 46.1 Å². The molecule has 1 amide bonds. The van der Waals surface area contributed by atoms with Gasteiger partial charge in [0.05, 0.1) is 5.57 Å². The van der Waals surface area contributed by atoms with Gasteiger partial charge < -0.3 is 20.2 Å². The van der Waals surface area contributed by atoms with Crippen molar-refractivity contribution in [2.24, 2.45) is 0 Å². The van der Waals surface area contributed by atoms with E-state index in [0.717, 1.165) is 43.0 Å². The van der Waals surface area contributed by atoms with Crippen LogP contribution in [0.25, 0.3) is 5.57 Å². The van der Waals surface area contributed by atoms with Crippen LogP contribution in [0.4, 0.5) is 17.1 Å². The van der Waals surface area contributed by atoms with Gasteiger partial charge in [-0.15, -0.1) is 0 Å². The zero-order chi connectivity index (χ0) is 23.2. The molecule has 1 heterocycles. The minimum Gasteiger partial charge on any atom is -0.478 e. The van der Waals surface area contributed by atoms with Gasteiger partial charge in [-0.05, 0) is 54.1 Å². The molecule has 0 aromatic heterocycles. The van der Waals surface area contributed by atoms with Gasteiger partial charge in [-0.1, -0.05) is 41.9 Å². The smallest absolute Gasteiger partial charge is 0.336 e. The fraction of sp³-hybridized carbons (Fsp3) is 0.154. The quantitative estimate of drug-likeness (QED) is 0.517. The molecule has 0 radical (unpaired) electrons. The van der Waals surface area contributed by atoms with Crippen molar-refractivity contribution in [3.05, 3.63) is 95.5 Å². The van der Waals surface area contributed by atoms with Gasteiger partial charge in [-0.25, -0.2) is 4.79 Å². The van der Waals surface area contributed by atoms with Crippen LogP contribution in [0.3, 0.4) is 0 Å². The molecule has 0 bridgehead atoms. The summed E-state index contributed by atoms with van der Waals surface area (Å²) >= 11 is 5.98. The van der Waals surface area contributed by atoms with E-state index < -0.39 is 11.9 Å². The Morgan fingerprint density at radius 3 is 1.82 bits per heavy atom. The summed E-state index contributed by atoms with van der Waals surface area (Å²) in [7, 11) is 0. The summed E-state index contributed by atoms with van der Waals surface area (Å²) in [6.45, 7) is 3.58. The zero-order valence-corrected chi connectivity index (χ0v) is 18.7. The van der Waals surface area contributed by atoms with E-state index in [2.05, 4.69) is 15.1 Å². The summed E-state index contributed by atoms with van der Waals surface area (Å²) in [5, 5.41) is 12.9. The molecular formula is C26H24ClN3O3. The van der Waals surface area contributed by atoms with Crippen molar-refractivity contribution in [3.8, 4) is 0 Å². The fourth-order valence-electron chi connectivity index (χ4n) is 3.83. The van der Waals surface area contributed by atoms with E-state index in [1.54, 1.807) is 30.3 Å². The van der Waals surface area contributed by atoms with Crippen LogP contribution in [-0.4, -0.2) is 43.2 Å². The Hall–Kier alpha value is -3.77. The lowest BCUT2D eigenvalue weighted by Crippen LogP contribution is -2.46. The number of carbonyl (C=O) groups excluding carboxylic acids is 1. The summed E-state index contributed by atoms with van der Waals surface area (Å²) in [5.74, 6) is -1.63. The lowest BCUT2D eigenvalue weighted by molar-refractivity contribution is -0.130. The summed E-state index contributed by atoms with van der Waals surface area (Å²) < 4.78 is 0. The fourth-order valence-corrected chi connectivity index (χ4v) is 3.95. The predicted molar refractivity (Wildman–Crippen MR) is 133 cm³/mol. The first-order valence-corrected chi connectivity index (χ1v) is 11.0. The molecular weight excluding hydrogens is 438 g/mol. The van der Waals surface area contributed by atoms with Gasteiger partial charge in [0.15, 0.2) is 0 Å². The number of anilines is 3. The summed E-state index contributed by atoms with van der Waals surface area (Å²) in [5.41, 5.74) is 3.28. The normalized spacial score (nSPS) is 14.2. The summed E-state index contributed by atoms with van der Waals surface area (Å²) in [6.07, 6.45) is 1.11. The number of carbonyl (C=O) groups is 2. The molecule has 3 aromatic rings. The number of aliphatic carboxylic acids is 1. The Balaban J connectivity index is 1.36. The third-order valence-electron chi connectivity index (χ3n) is 5.56. The molecule has 1 fully saturated rings. The van der Waals surface area contributed by atoms with E-state index in [4.69, 9.17) is 11.6 Å². The average molecular weight is 462 g/mol. The number of nitrogens with zero attached hydrogens (tertiary/aromatic N) is 2. The minimum atomic E-state index is -1.15. The van der Waals surface area contributed by atoms with Crippen LogP contribution >= 0.6 is 11.6 Å². The molecule has 4 rings (SSSR count). The molecule has 0 atom stereocenters. The van der Waals surface area contributed by atoms with Gasteiger partial charge in [0.25, 0.3) is 0 Å². The molecule has 3 aromatic carbocycles. The lowest BCUT2D eigenvalue weighted by Gasteiger charge is -2.37. The van der Waals surface area contributed by atoms with Crippen molar-refractivity contribution < 1.29 is 14.7 Å². The van der Waals surface area contributed by atoms with Crippen LogP contribution in [-0.2, 0) is 9.59 Å². The first kappa shape index (κ1) is 22.4. The van der Waals surface area contributed by atoms with Gasteiger partial charge in [-0.3, -0.25) is 4.79 Å². The van der Waals surface area contributed by atoms with Gasteiger partial charge in [0, 0.05) is 54.3 Å². The van der Waals surface area contributed by atoms with Crippen LogP contribution in [0, 0.1) is 0 Å². The SMILES string of the molecule is O=C(/C=C(\C(=O)O)c1ccccc1)Nc1ccc(N2CCN(c3ccc(Cl)cc3)CC2)cc1. The van der Waals surface area contributed by atoms with Crippen LogP contribution in [0.15, 0.2) is 84.9 Å². The monoisotopic (exact) mass is 461 g/mol. The maximum absolute atomic E-state index is 12.4. The van der Waals surface area contributed by atoms with E-state index in [-0.39, 0.29) is 5.57 Å². The molecule has 0 aliphatic carbocycles.